The number of hydrogen-bond acceptors (Lipinski definition) is 4. The number of amides is 1. The molecule has 18 heavy (non-hydrogen) atoms. The minimum absolute atomic E-state index is 0.403. The molecule has 2 aliphatic rings. The zero-order chi connectivity index (χ0) is 13.2. The molecule has 0 aromatic heterocycles. The summed E-state index contributed by atoms with van der Waals surface area (Å²) in [5.74, 6) is -0.403. The summed E-state index contributed by atoms with van der Waals surface area (Å²) in [6.07, 6.45) is 4.50. The Morgan fingerprint density at radius 3 is 2.78 bits per heavy atom. The van der Waals surface area contributed by atoms with Crippen molar-refractivity contribution in [2.75, 3.05) is 32.7 Å². The van der Waals surface area contributed by atoms with Crippen LogP contribution in [-0.2, 0) is 4.79 Å². The van der Waals surface area contributed by atoms with Gasteiger partial charge in [0, 0.05) is 19.1 Å². The van der Waals surface area contributed by atoms with E-state index in [2.05, 4.69) is 9.80 Å². The number of nitrogens with zero attached hydrogens (tertiary/aromatic N) is 2. The first-order chi connectivity index (χ1) is 8.49. The van der Waals surface area contributed by atoms with Crippen LogP contribution < -0.4 is 11.5 Å². The van der Waals surface area contributed by atoms with E-state index in [1.165, 1.54) is 32.4 Å². The molecule has 2 unspecified atom stereocenters. The number of hydrogen-bond donors (Lipinski definition) is 2. The predicted octanol–water partition coefficient (Wildman–Crippen LogP) is -0.251. The van der Waals surface area contributed by atoms with Crippen molar-refractivity contribution in [1.29, 1.82) is 0 Å². The summed E-state index contributed by atoms with van der Waals surface area (Å²) in [5, 5.41) is 0. The second kappa shape index (κ2) is 5.55. The monoisotopic (exact) mass is 254 g/mol. The van der Waals surface area contributed by atoms with Crippen LogP contribution in [-0.4, -0.2) is 60.0 Å². The molecule has 4 N–H and O–H groups in total. The Morgan fingerprint density at radius 2 is 2.06 bits per heavy atom. The third kappa shape index (κ3) is 3.22. The van der Waals surface area contributed by atoms with Crippen molar-refractivity contribution in [3.05, 3.63) is 0 Å². The molecule has 0 spiro atoms. The molecule has 2 rings (SSSR count). The number of carbonyl (C=O) groups is 1. The second-order valence-electron chi connectivity index (χ2n) is 6.02. The third-order valence-corrected chi connectivity index (χ3v) is 4.40. The highest BCUT2D eigenvalue weighted by molar-refractivity contribution is 5.83. The van der Waals surface area contributed by atoms with E-state index in [9.17, 15) is 4.79 Å². The highest BCUT2D eigenvalue weighted by atomic mass is 16.1. The fraction of sp³-hybridized carbons (Fsp3) is 0.923. The molecule has 2 fully saturated rings. The summed E-state index contributed by atoms with van der Waals surface area (Å²) >= 11 is 0. The molecule has 0 aliphatic carbocycles. The number of rotatable bonds is 4. The van der Waals surface area contributed by atoms with Crippen LogP contribution in [0.1, 0.15) is 32.6 Å². The zero-order valence-corrected chi connectivity index (χ0v) is 11.4. The fourth-order valence-electron chi connectivity index (χ4n) is 3.00. The first kappa shape index (κ1) is 13.8. The highest BCUT2D eigenvalue weighted by Gasteiger charge is 2.30. The van der Waals surface area contributed by atoms with Gasteiger partial charge in [0.25, 0.3) is 0 Å². The Labute approximate surface area is 109 Å². The molecule has 0 aromatic rings. The summed E-state index contributed by atoms with van der Waals surface area (Å²) in [4.78, 5) is 16.3. The first-order valence-corrected chi connectivity index (χ1v) is 7.04. The van der Waals surface area contributed by atoms with Gasteiger partial charge >= 0.3 is 0 Å². The van der Waals surface area contributed by atoms with Crippen molar-refractivity contribution in [2.45, 2.75) is 44.2 Å². The Balaban J connectivity index is 1.84. The number of nitrogens with two attached hydrogens (primary N) is 2. The summed E-state index contributed by atoms with van der Waals surface area (Å²) in [6, 6.07) is 0.713. The second-order valence-corrected chi connectivity index (χ2v) is 6.02. The maximum atomic E-state index is 11.2. The molecule has 0 saturated carbocycles. The maximum Gasteiger partial charge on any atom is 0.237 e. The molecule has 104 valence electrons. The van der Waals surface area contributed by atoms with Gasteiger partial charge in [-0.3, -0.25) is 9.69 Å². The average molecular weight is 254 g/mol. The summed E-state index contributed by atoms with van der Waals surface area (Å²) in [7, 11) is 0. The minimum Gasteiger partial charge on any atom is -0.368 e. The Kier molecular flexibility index (Phi) is 4.25. The van der Waals surface area contributed by atoms with E-state index in [1.54, 1.807) is 6.92 Å². The van der Waals surface area contributed by atoms with Crippen molar-refractivity contribution in [3.8, 4) is 0 Å². The smallest absolute Gasteiger partial charge is 0.237 e. The van der Waals surface area contributed by atoms with E-state index in [1.807, 2.05) is 0 Å². The largest absolute Gasteiger partial charge is 0.368 e. The van der Waals surface area contributed by atoms with Gasteiger partial charge in [0.05, 0.1) is 5.54 Å². The van der Waals surface area contributed by atoms with E-state index in [0.717, 1.165) is 19.6 Å². The van der Waals surface area contributed by atoms with Crippen LogP contribution >= 0.6 is 0 Å². The van der Waals surface area contributed by atoms with Crippen molar-refractivity contribution in [1.82, 2.24) is 9.80 Å². The summed E-state index contributed by atoms with van der Waals surface area (Å²) in [5.41, 5.74) is 10.3. The SMILES string of the molecule is CC(N)(CCN1CCCN2CCCC2C1)C(N)=O. The van der Waals surface area contributed by atoms with E-state index >= 15 is 0 Å². The summed E-state index contributed by atoms with van der Waals surface area (Å²) in [6.45, 7) is 7.32. The van der Waals surface area contributed by atoms with Gasteiger partial charge in [0.1, 0.15) is 0 Å². The molecule has 2 heterocycles. The molecular weight excluding hydrogens is 228 g/mol. The van der Waals surface area contributed by atoms with Gasteiger partial charge in [-0.25, -0.2) is 0 Å². The first-order valence-electron chi connectivity index (χ1n) is 7.04. The van der Waals surface area contributed by atoms with Crippen LogP contribution in [0.25, 0.3) is 0 Å². The zero-order valence-electron chi connectivity index (χ0n) is 11.4. The molecule has 0 bridgehead atoms. The molecule has 1 amide bonds. The average Bonchev–Trinajstić information content (AvgIpc) is 2.65. The van der Waals surface area contributed by atoms with Crippen LogP contribution in [0.5, 0.6) is 0 Å². The van der Waals surface area contributed by atoms with Crippen LogP contribution in [0.2, 0.25) is 0 Å². The molecule has 2 saturated heterocycles. The van der Waals surface area contributed by atoms with Crippen LogP contribution in [0.3, 0.4) is 0 Å². The lowest BCUT2D eigenvalue weighted by Gasteiger charge is -2.28. The van der Waals surface area contributed by atoms with E-state index in [0.29, 0.717) is 12.5 Å². The van der Waals surface area contributed by atoms with E-state index < -0.39 is 11.4 Å². The highest BCUT2D eigenvalue weighted by Crippen LogP contribution is 2.21. The van der Waals surface area contributed by atoms with Crippen molar-refractivity contribution in [3.63, 3.8) is 0 Å². The van der Waals surface area contributed by atoms with Gasteiger partial charge in [0.15, 0.2) is 0 Å². The number of fused-ring (bicyclic) bond motifs is 1. The Morgan fingerprint density at radius 1 is 1.33 bits per heavy atom. The van der Waals surface area contributed by atoms with Gasteiger partial charge in [-0.05, 0) is 52.2 Å². The fourth-order valence-corrected chi connectivity index (χ4v) is 3.00. The lowest BCUT2D eigenvalue weighted by molar-refractivity contribution is -0.122. The third-order valence-electron chi connectivity index (χ3n) is 4.40. The predicted molar refractivity (Wildman–Crippen MR) is 72.1 cm³/mol. The maximum absolute atomic E-state index is 11.2. The normalized spacial score (nSPS) is 29.6. The lowest BCUT2D eigenvalue weighted by Crippen LogP contribution is -2.51. The van der Waals surface area contributed by atoms with Gasteiger partial charge in [-0.15, -0.1) is 0 Å². The van der Waals surface area contributed by atoms with E-state index in [4.69, 9.17) is 11.5 Å². The van der Waals surface area contributed by atoms with Crippen LogP contribution in [0, 0.1) is 0 Å². The van der Waals surface area contributed by atoms with Crippen molar-refractivity contribution in [2.24, 2.45) is 11.5 Å². The van der Waals surface area contributed by atoms with Crippen LogP contribution in [0.15, 0.2) is 0 Å². The standard InChI is InChI=1S/C13H26N4O/c1-13(15,12(14)18)5-9-16-6-3-8-17-7-2-4-11(17)10-16/h11H,2-10,15H2,1H3,(H2,14,18). The van der Waals surface area contributed by atoms with Crippen LogP contribution in [0.4, 0.5) is 0 Å². The Hall–Kier alpha value is -0.650. The van der Waals surface area contributed by atoms with Crippen molar-refractivity contribution >= 4 is 5.91 Å². The molecular formula is C13H26N4O. The van der Waals surface area contributed by atoms with Gasteiger partial charge in [-0.1, -0.05) is 0 Å². The van der Waals surface area contributed by atoms with E-state index in [-0.39, 0.29) is 0 Å². The van der Waals surface area contributed by atoms with Crippen molar-refractivity contribution < 1.29 is 4.79 Å². The molecule has 2 aliphatic heterocycles. The van der Waals surface area contributed by atoms with Gasteiger partial charge < -0.3 is 16.4 Å². The number of carbonyl (C=O) groups excluding carboxylic acids is 1. The Bertz CT molecular complexity index is 305. The molecule has 0 aromatic carbocycles. The minimum atomic E-state index is -0.873. The van der Waals surface area contributed by atoms with Gasteiger partial charge in [0.2, 0.25) is 5.91 Å². The lowest BCUT2D eigenvalue weighted by atomic mass is 9.98. The molecule has 2 atom stereocenters. The number of primary amides is 1. The molecule has 5 heteroatoms. The topological polar surface area (TPSA) is 75.6 Å². The summed E-state index contributed by atoms with van der Waals surface area (Å²) < 4.78 is 0. The quantitative estimate of drug-likeness (QED) is 0.725. The molecule has 0 radical (unpaired) electrons. The molecule has 5 nitrogen and oxygen atoms in total. The van der Waals surface area contributed by atoms with Gasteiger partial charge in [-0.2, -0.15) is 0 Å².